The first kappa shape index (κ1) is 31.0. The summed E-state index contributed by atoms with van der Waals surface area (Å²) in [4.78, 5) is 47.5. The number of nitrogens with zero attached hydrogens (tertiary/aromatic N) is 3. The molecule has 0 aliphatic carbocycles. The summed E-state index contributed by atoms with van der Waals surface area (Å²) < 4.78 is 18.5. The molecule has 44 heavy (non-hydrogen) atoms. The number of piperidine rings is 1. The Balaban J connectivity index is 1.38. The summed E-state index contributed by atoms with van der Waals surface area (Å²) in [6.45, 7) is 7.00. The van der Waals surface area contributed by atoms with Gasteiger partial charge in [0.25, 0.3) is 5.91 Å². The molecule has 10 nitrogen and oxygen atoms in total. The van der Waals surface area contributed by atoms with E-state index in [-0.39, 0.29) is 36.5 Å². The largest absolute Gasteiger partial charge is 0.491 e. The zero-order chi connectivity index (χ0) is 31.1. The minimum absolute atomic E-state index is 0.0242. The fourth-order valence-corrected chi connectivity index (χ4v) is 5.52. The van der Waals surface area contributed by atoms with Gasteiger partial charge in [-0.3, -0.25) is 19.4 Å². The van der Waals surface area contributed by atoms with Gasteiger partial charge in [0.15, 0.2) is 0 Å². The van der Waals surface area contributed by atoms with Gasteiger partial charge in [-0.15, -0.1) is 0 Å². The van der Waals surface area contributed by atoms with Crippen molar-refractivity contribution in [3.63, 3.8) is 0 Å². The number of rotatable bonds is 6. The third kappa shape index (κ3) is 8.13. The zero-order valence-electron chi connectivity index (χ0n) is 25.5. The molecule has 0 radical (unpaired) electrons. The molecule has 5 rings (SSSR count). The molecule has 3 aromatic rings. The van der Waals surface area contributed by atoms with Crippen molar-refractivity contribution in [1.29, 1.82) is 0 Å². The van der Waals surface area contributed by atoms with Crippen molar-refractivity contribution in [2.45, 2.75) is 64.9 Å². The maximum atomic E-state index is 13.7. The predicted octanol–water partition coefficient (Wildman–Crippen LogP) is 4.37. The number of amides is 3. The number of likely N-dealkylation sites (tertiary alicyclic amines) is 1. The number of aryl methyl sites for hydroxylation is 1. The average molecular weight is 601 g/mol. The molecule has 1 aromatic heterocycles. The second kappa shape index (κ2) is 14.4. The van der Waals surface area contributed by atoms with Crippen LogP contribution in [0.4, 0.5) is 0 Å². The van der Waals surface area contributed by atoms with Crippen LogP contribution in [-0.2, 0) is 27.4 Å². The topological polar surface area (TPSA) is 110 Å². The fraction of sp³-hybridized carbons (Fsp3) is 0.412. The van der Waals surface area contributed by atoms with Gasteiger partial charge in [0.1, 0.15) is 17.2 Å². The molecule has 1 fully saturated rings. The molecule has 2 atom stereocenters. The molecule has 3 heterocycles. The molecule has 2 aliphatic rings. The van der Waals surface area contributed by atoms with Crippen LogP contribution in [0.15, 0.2) is 67.0 Å². The Morgan fingerprint density at radius 3 is 2.68 bits per heavy atom. The van der Waals surface area contributed by atoms with E-state index in [4.69, 9.17) is 14.2 Å². The molecule has 0 unspecified atom stereocenters. The smallest absolute Gasteiger partial charge is 0.254 e. The fourth-order valence-electron chi connectivity index (χ4n) is 5.52. The van der Waals surface area contributed by atoms with Gasteiger partial charge in [0.2, 0.25) is 11.8 Å². The Labute approximate surface area is 258 Å². The van der Waals surface area contributed by atoms with E-state index in [1.807, 2.05) is 57.2 Å². The second-order valence-corrected chi connectivity index (χ2v) is 11.4. The van der Waals surface area contributed by atoms with Gasteiger partial charge in [-0.2, -0.15) is 0 Å². The van der Waals surface area contributed by atoms with Gasteiger partial charge in [-0.1, -0.05) is 12.1 Å². The van der Waals surface area contributed by atoms with Crippen molar-refractivity contribution in [1.82, 2.24) is 20.1 Å². The SMILES string of the molecule is CCN1CC(=O)N[C@H]2CN(C(=O)CCc3ccncc3)CC[C@@H]2OCc2cccc(c2)Oc2cc(OC(C)C)cc(c2)C1=O. The number of aromatic nitrogens is 1. The number of fused-ring (bicyclic) bond motifs is 5. The van der Waals surface area contributed by atoms with Gasteiger partial charge in [-0.25, -0.2) is 0 Å². The minimum atomic E-state index is -0.434. The summed E-state index contributed by atoms with van der Waals surface area (Å²) >= 11 is 0. The third-order valence-electron chi connectivity index (χ3n) is 7.73. The monoisotopic (exact) mass is 600 g/mol. The minimum Gasteiger partial charge on any atom is -0.491 e. The van der Waals surface area contributed by atoms with Crippen molar-refractivity contribution < 1.29 is 28.6 Å². The standard InChI is InChI=1S/C34H40N4O6/c1-4-37-21-32(39)36-30-20-38(33(40)9-8-24-10-13-35-14-11-24)15-12-31(30)42-22-25-6-5-7-27(16-25)44-29-18-26(34(37)41)17-28(19-29)43-23(2)3/h5-7,10-11,13-14,16-19,23,30-31H,4,8-9,12,15,20-22H2,1-3H3,(H,36,39)/t30-,31-/m0/s1. The Kier molecular flexibility index (Phi) is 10.1. The van der Waals surface area contributed by atoms with Gasteiger partial charge in [0, 0.05) is 50.1 Å². The molecule has 4 bridgehead atoms. The normalized spacial score (nSPS) is 19.2. The van der Waals surface area contributed by atoms with Crippen molar-refractivity contribution in [3.05, 3.63) is 83.7 Å². The molecule has 2 aliphatic heterocycles. The Bertz CT molecular complexity index is 1460. The zero-order valence-corrected chi connectivity index (χ0v) is 25.5. The van der Waals surface area contributed by atoms with Crippen LogP contribution in [0.2, 0.25) is 0 Å². The number of carbonyl (C=O) groups is 3. The first-order valence-electron chi connectivity index (χ1n) is 15.2. The summed E-state index contributed by atoms with van der Waals surface area (Å²) in [6, 6.07) is 16.1. The summed E-state index contributed by atoms with van der Waals surface area (Å²) in [5, 5.41) is 3.09. The van der Waals surface area contributed by atoms with Gasteiger partial charge in [-0.05, 0) is 81.1 Å². The number of likely N-dealkylation sites (N-methyl/N-ethyl adjacent to an activating group) is 1. The Morgan fingerprint density at radius 2 is 1.91 bits per heavy atom. The van der Waals surface area contributed by atoms with Gasteiger partial charge < -0.3 is 29.3 Å². The average Bonchev–Trinajstić information content (AvgIpc) is 3.01. The maximum absolute atomic E-state index is 13.7. The van der Waals surface area contributed by atoms with E-state index in [0.29, 0.717) is 68.3 Å². The number of hydrogen-bond donors (Lipinski definition) is 1. The summed E-state index contributed by atoms with van der Waals surface area (Å²) in [5.74, 6) is 0.956. The van der Waals surface area contributed by atoms with Gasteiger partial charge >= 0.3 is 0 Å². The first-order valence-corrected chi connectivity index (χ1v) is 15.2. The lowest BCUT2D eigenvalue weighted by Gasteiger charge is -2.39. The maximum Gasteiger partial charge on any atom is 0.254 e. The summed E-state index contributed by atoms with van der Waals surface area (Å²) in [6.07, 6.45) is 4.58. The number of pyridine rings is 1. The van der Waals surface area contributed by atoms with Crippen LogP contribution in [0.3, 0.4) is 0 Å². The molecule has 0 saturated carbocycles. The van der Waals surface area contributed by atoms with Crippen LogP contribution < -0.4 is 14.8 Å². The molecule has 232 valence electrons. The lowest BCUT2D eigenvalue weighted by molar-refractivity contribution is -0.137. The number of nitrogens with one attached hydrogen (secondary N) is 1. The van der Waals surface area contributed by atoms with Gasteiger partial charge in [0.05, 0.1) is 31.4 Å². The molecule has 2 aromatic carbocycles. The van der Waals surface area contributed by atoms with E-state index in [9.17, 15) is 14.4 Å². The highest BCUT2D eigenvalue weighted by Crippen LogP contribution is 2.30. The predicted molar refractivity (Wildman–Crippen MR) is 165 cm³/mol. The number of benzene rings is 2. The molecule has 10 heteroatoms. The van der Waals surface area contributed by atoms with E-state index >= 15 is 0 Å². The quantitative estimate of drug-likeness (QED) is 0.447. The number of hydrogen-bond acceptors (Lipinski definition) is 7. The van der Waals surface area contributed by atoms with Crippen molar-refractivity contribution in [2.24, 2.45) is 0 Å². The lowest BCUT2D eigenvalue weighted by atomic mass is 10.0. The highest BCUT2D eigenvalue weighted by atomic mass is 16.5. The van der Waals surface area contributed by atoms with E-state index in [1.54, 1.807) is 35.5 Å². The van der Waals surface area contributed by atoms with Crippen LogP contribution in [-0.4, -0.2) is 76.9 Å². The van der Waals surface area contributed by atoms with E-state index in [1.165, 1.54) is 4.90 Å². The highest BCUT2D eigenvalue weighted by molar-refractivity contribution is 5.97. The molecular formula is C34H40N4O6. The number of carbonyl (C=O) groups excluding carboxylic acids is 3. The van der Waals surface area contributed by atoms with Crippen molar-refractivity contribution in [3.8, 4) is 17.2 Å². The Morgan fingerprint density at radius 1 is 1.09 bits per heavy atom. The first-order chi connectivity index (χ1) is 21.3. The molecule has 1 N–H and O–H groups in total. The third-order valence-corrected chi connectivity index (χ3v) is 7.73. The van der Waals surface area contributed by atoms with Crippen molar-refractivity contribution >= 4 is 17.7 Å². The van der Waals surface area contributed by atoms with E-state index in [0.717, 1.165) is 11.1 Å². The van der Waals surface area contributed by atoms with Crippen LogP contribution in [0.5, 0.6) is 17.2 Å². The van der Waals surface area contributed by atoms with E-state index in [2.05, 4.69) is 10.3 Å². The van der Waals surface area contributed by atoms with Crippen LogP contribution in [0.1, 0.15) is 55.1 Å². The van der Waals surface area contributed by atoms with Crippen LogP contribution in [0, 0.1) is 0 Å². The number of ether oxygens (including phenoxy) is 3. The Hall–Kier alpha value is -4.44. The van der Waals surface area contributed by atoms with Crippen LogP contribution in [0.25, 0.3) is 0 Å². The molecule has 0 spiro atoms. The lowest BCUT2D eigenvalue weighted by Crippen LogP contribution is -2.58. The summed E-state index contributed by atoms with van der Waals surface area (Å²) in [5.41, 5.74) is 2.31. The summed E-state index contributed by atoms with van der Waals surface area (Å²) in [7, 11) is 0. The molecule has 1 saturated heterocycles. The van der Waals surface area contributed by atoms with Crippen molar-refractivity contribution in [2.75, 3.05) is 26.2 Å². The highest BCUT2D eigenvalue weighted by Gasteiger charge is 2.34. The van der Waals surface area contributed by atoms with E-state index < -0.39 is 6.04 Å². The molecular weight excluding hydrogens is 560 g/mol. The van der Waals surface area contributed by atoms with Crippen LogP contribution >= 0.6 is 0 Å². The second-order valence-electron chi connectivity index (χ2n) is 11.4. The molecule has 3 amide bonds.